The zero-order chi connectivity index (χ0) is 60.3. The largest absolute Gasteiger partial charge is 0.494 e. The van der Waals surface area contributed by atoms with Gasteiger partial charge in [-0.2, -0.15) is 5.10 Å². The van der Waals surface area contributed by atoms with E-state index in [1.54, 1.807) is 84.7 Å². The van der Waals surface area contributed by atoms with Crippen LogP contribution in [0.2, 0.25) is 0 Å². The Balaban J connectivity index is 0.836. The molecule has 2 heterocycles. The summed E-state index contributed by atoms with van der Waals surface area (Å²) in [6.45, 7) is 10.3. The first-order valence-electron chi connectivity index (χ1n) is 30.1. The molecule has 20 heteroatoms. The Hall–Kier alpha value is -7.68. The van der Waals surface area contributed by atoms with Crippen molar-refractivity contribution in [2.75, 3.05) is 51.5 Å². The minimum atomic E-state index is -0.480. The number of para-hydroxylation sites is 1. The average Bonchev–Trinajstić information content (AvgIpc) is 4.06. The van der Waals surface area contributed by atoms with Gasteiger partial charge < -0.3 is 52.7 Å². The highest BCUT2D eigenvalue weighted by atomic mass is 32.2. The summed E-state index contributed by atoms with van der Waals surface area (Å²) < 4.78 is 57.2. The first-order chi connectivity index (χ1) is 42.0. The van der Waals surface area contributed by atoms with E-state index >= 15 is 0 Å². The van der Waals surface area contributed by atoms with Crippen LogP contribution in [0.4, 0.5) is 5.69 Å². The summed E-state index contributed by atoms with van der Waals surface area (Å²) in [5, 5.41) is 10.4. The predicted octanol–water partition coefficient (Wildman–Crippen LogP) is 11.9. The molecule has 0 aromatic heterocycles. The number of thioether (sulfide) groups is 1. The standard InChI is InChI=1S/C66H79N3O16S/c1-3-59(70)78-40-13-7-5-11-38-76-51-26-30-53(31-27-51)82-62(72)46-18-20-48(21-19-46)64(74)84-55-34-35-57(50(44-55)45-67-69(37-36-61-80-42-15-43-81-61)66-68-56-16-9-10-17-58(56)86-66)85-65(75)49-24-22-47(23-25-49)63(73)83-54-32-28-52(29-33-54)77-39-12-6-8-14-41-79-60(71)4-2/h3-4,9-10,16-17,26-35,44-49,61,66,68H,1-2,5-8,11-15,18-25,36-43H2/b67-45+. The molecule has 0 bridgehead atoms. The van der Waals surface area contributed by atoms with Crippen LogP contribution in [0.15, 0.2) is 126 Å². The van der Waals surface area contributed by atoms with Crippen molar-refractivity contribution in [1.29, 1.82) is 0 Å². The van der Waals surface area contributed by atoms with E-state index in [4.69, 9.17) is 52.5 Å². The van der Waals surface area contributed by atoms with Crippen molar-refractivity contribution in [2.45, 2.75) is 132 Å². The summed E-state index contributed by atoms with van der Waals surface area (Å²) in [5.74, 6) is -1.56. The van der Waals surface area contributed by atoms with Gasteiger partial charge in [-0.05, 0) is 188 Å². The van der Waals surface area contributed by atoms with Gasteiger partial charge in [-0.1, -0.05) is 37.1 Å². The second-order valence-electron chi connectivity index (χ2n) is 21.5. The maximum atomic E-state index is 14.0. The minimum absolute atomic E-state index is 0.223. The summed E-state index contributed by atoms with van der Waals surface area (Å²) in [7, 11) is 0. The SMILES string of the molecule is C=CC(=O)OCCCCCCOc1ccc(OC(=O)C2CCC(C(=O)Oc3ccc(OC(=O)C4CCC(C(=O)Oc5ccc(OCCCCCCOC(=O)C=C)cc5)CC4)c(/C=N/N(CCC4OCCCO4)C4Nc5ccccc5S4)c3)CC2)cc1. The number of unbranched alkanes of at least 4 members (excludes halogenated alkanes) is 6. The number of carbonyl (C=O) groups excluding carboxylic acids is 6. The Morgan fingerprint density at radius 3 is 1.48 bits per heavy atom. The van der Waals surface area contributed by atoms with Crippen LogP contribution >= 0.6 is 11.8 Å². The fraction of sp³-hybridized carbons (Fsp3) is 0.470. The summed E-state index contributed by atoms with van der Waals surface area (Å²) in [6, 6.07) is 26.7. The van der Waals surface area contributed by atoms with Crippen LogP contribution in [0.25, 0.3) is 0 Å². The minimum Gasteiger partial charge on any atom is -0.494 e. The third-order valence-electron chi connectivity index (χ3n) is 15.2. The molecule has 19 nitrogen and oxygen atoms in total. The van der Waals surface area contributed by atoms with E-state index in [9.17, 15) is 28.8 Å². The van der Waals surface area contributed by atoms with Gasteiger partial charge in [-0.25, -0.2) is 9.59 Å². The van der Waals surface area contributed by atoms with Gasteiger partial charge in [-0.3, -0.25) is 24.2 Å². The maximum absolute atomic E-state index is 14.0. The van der Waals surface area contributed by atoms with Gasteiger partial charge >= 0.3 is 35.8 Å². The van der Waals surface area contributed by atoms with E-state index in [1.807, 2.05) is 29.3 Å². The molecule has 1 unspecified atom stereocenters. The molecular weight excluding hydrogens is 1120 g/mol. The number of ether oxygens (including phenoxy) is 10. The van der Waals surface area contributed by atoms with Gasteiger partial charge in [0.2, 0.25) is 0 Å². The summed E-state index contributed by atoms with van der Waals surface area (Å²) >= 11 is 1.62. The van der Waals surface area contributed by atoms with Crippen molar-refractivity contribution in [3.63, 3.8) is 0 Å². The van der Waals surface area contributed by atoms with Gasteiger partial charge in [0.25, 0.3) is 0 Å². The number of nitrogens with one attached hydrogen (secondary N) is 1. The van der Waals surface area contributed by atoms with Crippen molar-refractivity contribution in [1.82, 2.24) is 5.01 Å². The Morgan fingerprint density at radius 2 is 0.988 bits per heavy atom. The van der Waals surface area contributed by atoms with E-state index < -0.39 is 41.6 Å². The number of anilines is 1. The molecule has 4 aliphatic rings. The molecule has 8 rings (SSSR count). The smallest absolute Gasteiger partial charge is 0.330 e. The van der Waals surface area contributed by atoms with Crippen LogP contribution in [0.5, 0.6) is 34.5 Å². The number of hydrazone groups is 1. The van der Waals surface area contributed by atoms with Gasteiger partial charge in [0.05, 0.1) is 75.2 Å². The van der Waals surface area contributed by atoms with Gasteiger partial charge in [0, 0.05) is 35.6 Å². The van der Waals surface area contributed by atoms with Crippen molar-refractivity contribution >= 4 is 59.5 Å². The molecule has 1 N–H and O–H groups in total. The number of benzene rings is 4. The first-order valence-corrected chi connectivity index (χ1v) is 31.0. The molecule has 2 saturated carbocycles. The molecule has 4 aromatic carbocycles. The van der Waals surface area contributed by atoms with Crippen molar-refractivity contribution < 1.29 is 76.1 Å². The number of esters is 6. The second-order valence-corrected chi connectivity index (χ2v) is 22.6. The maximum Gasteiger partial charge on any atom is 0.330 e. The van der Waals surface area contributed by atoms with Crippen LogP contribution < -0.4 is 33.7 Å². The zero-order valence-electron chi connectivity index (χ0n) is 48.8. The lowest BCUT2D eigenvalue weighted by atomic mass is 9.82. The Kier molecular flexibility index (Phi) is 25.8. The molecule has 0 radical (unpaired) electrons. The molecule has 1 saturated heterocycles. The molecule has 4 aromatic rings. The number of carbonyl (C=O) groups is 6. The number of hydrogen-bond donors (Lipinski definition) is 1. The summed E-state index contributed by atoms with van der Waals surface area (Å²) in [5.41, 5.74) is 1.09. The number of nitrogens with zero attached hydrogens (tertiary/aromatic N) is 2. The summed E-state index contributed by atoms with van der Waals surface area (Å²) in [6.07, 6.45) is 15.3. The number of rotatable bonds is 32. The molecule has 0 spiro atoms. The molecule has 1 atom stereocenters. The molecule has 3 fully saturated rings. The normalized spacial score (nSPS) is 19.2. The van der Waals surface area contributed by atoms with Crippen LogP contribution in [-0.4, -0.2) is 105 Å². The fourth-order valence-electron chi connectivity index (χ4n) is 10.3. The molecule has 2 aliphatic heterocycles. The topological polar surface area (TPSA) is 222 Å². The van der Waals surface area contributed by atoms with Crippen molar-refractivity contribution in [2.24, 2.45) is 28.8 Å². The quantitative estimate of drug-likeness (QED) is 0.0120. The molecule has 460 valence electrons. The van der Waals surface area contributed by atoms with Crippen LogP contribution in [0.3, 0.4) is 0 Å². The van der Waals surface area contributed by atoms with Crippen LogP contribution in [0.1, 0.15) is 121 Å². The van der Waals surface area contributed by atoms with Crippen molar-refractivity contribution in [3.05, 3.63) is 122 Å². The molecular formula is C66H79N3O16S. The van der Waals surface area contributed by atoms with E-state index in [0.717, 1.165) is 80.5 Å². The van der Waals surface area contributed by atoms with Crippen LogP contribution in [-0.2, 0) is 47.7 Å². The van der Waals surface area contributed by atoms with E-state index in [2.05, 4.69) is 18.5 Å². The second kappa shape index (κ2) is 34.5. The molecule has 2 aliphatic carbocycles. The predicted molar refractivity (Wildman–Crippen MR) is 322 cm³/mol. The third kappa shape index (κ3) is 20.8. The highest BCUT2D eigenvalue weighted by Gasteiger charge is 2.35. The molecule has 86 heavy (non-hydrogen) atoms. The van der Waals surface area contributed by atoms with E-state index in [0.29, 0.717) is 133 Å². The Bertz CT molecular complexity index is 2870. The third-order valence-corrected chi connectivity index (χ3v) is 16.4. The number of hydrogen-bond acceptors (Lipinski definition) is 20. The van der Waals surface area contributed by atoms with E-state index in [-0.39, 0.29) is 41.1 Å². The highest BCUT2D eigenvalue weighted by molar-refractivity contribution is 8.00. The van der Waals surface area contributed by atoms with Gasteiger partial charge in [0.15, 0.2) is 11.8 Å². The Labute approximate surface area is 507 Å². The fourth-order valence-corrected chi connectivity index (χ4v) is 11.4. The van der Waals surface area contributed by atoms with Crippen molar-refractivity contribution in [3.8, 4) is 34.5 Å². The lowest BCUT2D eigenvalue weighted by Crippen LogP contribution is -2.36. The van der Waals surface area contributed by atoms with Gasteiger partial charge in [-0.15, -0.1) is 0 Å². The van der Waals surface area contributed by atoms with Gasteiger partial charge in [0.1, 0.15) is 34.5 Å². The number of fused-ring (bicyclic) bond motifs is 1. The lowest BCUT2D eigenvalue weighted by molar-refractivity contribution is -0.182. The van der Waals surface area contributed by atoms with E-state index in [1.165, 1.54) is 0 Å². The van der Waals surface area contributed by atoms with Crippen LogP contribution in [0, 0.1) is 23.7 Å². The Morgan fingerprint density at radius 1 is 0.547 bits per heavy atom. The highest BCUT2D eigenvalue weighted by Crippen LogP contribution is 2.40. The lowest BCUT2D eigenvalue weighted by Gasteiger charge is -2.29. The first kappa shape index (κ1) is 64.3. The average molecular weight is 1200 g/mol. The summed E-state index contributed by atoms with van der Waals surface area (Å²) in [4.78, 5) is 77.9. The molecule has 0 amide bonds. The zero-order valence-corrected chi connectivity index (χ0v) is 49.6. The monoisotopic (exact) mass is 1200 g/mol.